The molecule has 0 aliphatic heterocycles. The third kappa shape index (κ3) is 6.04. The number of carboxylic acid groups (broad SMARTS) is 1. The molecule has 240 valence electrons. The molecule has 0 saturated heterocycles. The molecule has 7 rings (SSSR count). The summed E-state index contributed by atoms with van der Waals surface area (Å²) >= 11 is 0. The Labute approximate surface area is 272 Å². The average molecular weight is 650 g/mol. The minimum absolute atomic E-state index is 0.0352. The molecule has 0 spiro atoms. The molecule has 0 bridgehead atoms. The molecule has 1 aliphatic rings. The maximum Gasteiger partial charge on any atom is 0.416 e. The fraction of sp³-hybridized carbons (Fsp3) is 0.132. The van der Waals surface area contributed by atoms with E-state index in [1.54, 1.807) is 22.9 Å². The van der Waals surface area contributed by atoms with Gasteiger partial charge in [-0.2, -0.15) is 18.3 Å². The highest BCUT2D eigenvalue weighted by Gasteiger charge is 2.46. The molecule has 1 amide bonds. The molecule has 0 unspecified atom stereocenters. The van der Waals surface area contributed by atoms with Crippen LogP contribution >= 0.6 is 0 Å². The SMILES string of the molecule is O=C(O)c1ccc(C2(NC(=O)c3cc(-c4cc(F)cc(C(F)(F)F)c4)cc4cnn(Cc5cccc(-c6ccccc6)c5)c34)CC2)cc1. The normalized spacial score (nSPS) is 13.8. The fourth-order valence-electron chi connectivity index (χ4n) is 6.09. The number of carbonyl (C=O) groups excluding carboxylic acids is 1. The van der Waals surface area contributed by atoms with Crippen LogP contribution in [0, 0.1) is 5.82 Å². The van der Waals surface area contributed by atoms with Crippen molar-refractivity contribution in [3.63, 3.8) is 0 Å². The van der Waals surface area contributed by atoms with E-state index in [9.17, 15) is 32.3 Å². The molecule has 5 aromatic carbocycles. The molecule has 0 radical (unpaired) electrons. The quantitative estimate of drug-likeness (QED) is 0.162. The smallest absolute Gasteiger partial charge is 0.416 e. The molecule has 1 heterocycles. The Balaban J connectivity index is 1.31. The molecule has 48 heavy (non-hydrogen) atoms. The maximum absolute atomic E-state index is 14.5. The summed E-state index contributed by atoms with van der Waals surface area (Å²) in [4.78, 5) is 25.6. The zero-order chi connectivity index (χ0) is 33.6. The van der Waals surface area contributed by atoms with Crippen LogP contribution in [0.15, 0.2) is 115 Å². The van der Waals surface area contributed by atoms with Crippen LogP contribution < -0.4 is 5.32 Å². The molecule has 0 atom stereocenters. The van der Waals surface area contributed by atoms with Crippen LogP contribution in [-0.2, 0) is 18.3 Å². The van der Waals surface area contributed by atoms with E-state index < -0.39 is 35.0 Å². The second-order valence-electron chi connectivity index (χ2n) is 12.0. The lowest BCUT2D eigenvalue weighted by Crippen LogP contribution is -2.35. The molecule has 1 aromatic heterocycles. The van der Waals surface area contributed by atoms with Gasteiger partial charge in [0.2, 0.25) is 0 Å². The van der Waals surface area contributed by atoms with Gasteiger partial charge in [0.15, 0.2) is 0 Å². The van der Waals surface area contributed by atoms with Gasteiger partial charge in [0.25, 0.3) is 5.91 Å². The van der Waals surface area contributed by atoms with Crippen LogP contribution in [0.4, 0.5) is 17.6 Å². The Kier molecular flexibility index (Phi) is 7.58. The number of hydrogen-bond acceptors (Lipinski definition) is 3. The monoisotopic (exact) mass is 649 g/mol. The minimum atomic E-state index is -4.77. The van der Waals surface area contributed by atoms with Crippen LogP contribution in [0.5, 0.6) is 0 Å². The molecule has 2 N–H and O–H groups in total. The lowest BCUT2D eigenvalue weighted by Gasteiger charge is -2.20. The van der Waals surface area contributed by atoms with Crippen LogP contribution in [0.1, 0.15) is 50.2 Å². The van der Waals surface area contributed by atoms with E-state index in [0.717, 1.165) is 34.4 Å². The zero-order valence-electron chi connectivity index (χ0n) is 25.3. The number of aromatic nitrogens is 2. The first-order valence-electron chi connectivity index (χ1n) is 15.2. The third-order valence-electron chi connectivity index (χ3n) is 8.69. The first kappa shape index (κ1) is 30.9. The predicted molar refractivity (Wildman–Crippen MR) is 173 cm³/mol. The van der Waals surface area contributed by atoms with Crippen molar-refractivity contribution < 1.29 is 32.3 Å². The lowest BCUT2D eigenvalue weighted by molar-refractivity contribution is -0.137. The number of amides is 1. The molecular weight excluding hydrogens is 622 g/mol. The van der Waals surface area contributed by atoms with Crippen molar-refractivity contribution in [2.75, 3.05) is 0 Å². The van der Waals surface area contributed by atoms with E-state index in [1.807, 2.05) is 54.6 Å². The Hall–Kier alpha value is -5.77. The summed E-state index contributed by atoms with van der Waals surface area (Å²) in [5.41, 5.74) is 2.72. The standard InChI is InChI=1S/C38H27F4N3O3/c39-32-18-28(17-31(20-32)38(40,41)42)27-16-29-21-43-45(22-23-5-4-8-26(15-23)24-6-2-1-3-7-24)34(29)33(19-27)35(46)44-37(13-14-37)30-11-9-25(10-12-30)36(47)48/h1-12,15-21H,13-14,22H2,(H,44,46)(H,47,48). The summed E-state index contributed by atoms with van der Waals surface area (Å²) in [6, 6.07) is 29.4. The van der Waals surface area contributed by atoms with E-state index in [4.69, 9.17) is 0 Å². The summed E-state index contributed by atoms with van der Waals surface area (Å²) in [7, 11) is 0. The van der Waals surface area contributed by atoms with Gasteiger partial charge in [-0.25, -0.2) is 9.18 Å². The van der Waals surface area contributed by atoms with E-state index >= 15 is 0 Å². The van der Waals surface area contributed by atoms with Gasteiger partial charge in [0.05, 0.1) is 40.5 Å². The van der Waals surface area contributed by atoms with Crippen molar-refractivity contribution in [3.8, 4) is 22.3 Å². The fourth-order valence-corrected chi connectivity index (χ4v) is 6.09. The molecule has 1 aliphatic carbocycles. The Morgan fingerprint density at radius 2 is 1.52 bits per heavy atom. The number of hydrogen-bond donors (Lipinski definition) is 2. The Morgan fingerprint density at radius 3 is 2.21 bits per heavy atom. The number of benzene rings is 5. The van der Waals surface area contributed by atoms with Gasteiger partial charge in [0, 0.05) is 5.39 Å². The summed E-state index contributed by atoms with van der Waals surface area (Å²) in [5.74, 6) is -2.61. The number of halogens is 4. The third-order valence-corrected chi connectivity index (χ3v) is 8.69. The van der Waals surface area contributed by atoms with Gasteiger partial charge in [0.1, 0.15) is 5.82 Å². The Bertz CT molecular complexity index is 2190. The van der Waals surface area contributed by atoms with Crippen LogP contribution in [-0.4, -0.2) is 26.8 Å². The molecule has 6 nitrogen and oxygen atoms in total. The number of aromatic carboxylic acids is 1. The van der Waals surface area contributed by atoms with Crippen LogP contribution in [0.25, 0.3) is 33.2 Å². The summed E-state index contributed by atoms with van der Waals surface area (Å²) in [6.45, 7) is 0.295. The molecule has 10 heteroatoms. The highest BCUT2D eigenvalue weighted by atomic mass is 19.4. The second-order valence-corrected chi connectivity index (χ2v) is 12.0. The number of nitrogens with one attached hydrogen (secondary N) is 1. The topological polar surface area (TPSA) is 84.2 Å². The van der Waals surface area contributed by atoms with Gasteiger partial charge in [-0.3, -0.25) is 9.48 Å². The van der Waals surface area contributed by atoms with Crippen LogP contribution in [0.2, 0.25) is 0 Å². The van der Waals surface area contributed by atoms with Crippen molar-refractivity contribution in [3.05, 3.63) is 149 Å². The molecule has 1 saturated carbocycles. The summed E-state index contributed by atoms with van der Waals surface area (Å²) < 4.78 is 57.0. The number of nitrogens with zero attached hydrogens (tertiary/aromatic N) is 2. The van der Waals surface area contributed by atoms with Crippen molar-refractivity contribution >= 4 is 22.8 Å². The average Bonchev–Trinajstić information content (AvgIpc) is 3.75. The number of carbonyl (C=O) groups is 2. The number of fused-ring (bicyclic) bond motifs is 1. The molecule has 1 fully saturated rings. The summed E-state index contributed by atoms with van der Waals surface area (Å²) in [5, 5.41) is 17.5. The van der Waals surface area contributed by atoms with Gasteiger partial charge in [-0.15, -0.1) is 0 Å². The van der Waals surface area contributed by atoms with E-state index in [0.29, 0.717) is 36.4 Å². The predicted octanol–water partition coefficient (Wildman–Crippen LogP) is 8.69. The highest BCUT2D eigenvalue weighted by Crippen LogP contribution is 2.46. The van der Waals surface area contributed by atoms with Crippen molar-refractivity contribution in [2.45, 2.75) is 31.1 Å². The van der Waals surface area contributed by atoms with E-state index in [2.05, 4.69) is 10.4 Å². The summed E-state index contributed by atoms with van der Waals surface area (Å²) in [6.07, 6.45) is -2.01. The zero-order valence-corrected chi connectivity index (χ0v) is 25.3. The molecule has 6 aromatic rings. The highest BCUT2D eigenvalue weighted by molar-refractivity contribution is 6.08. The largest absolute Gasteiger partial charge is 0.478 e. The first-order chi connectivity index (χ1) is 23.0. The Morgan fingerprint density at radius 1 is 0.812 bits per heavy atom. The lowest BCUT2D eigenvalue weighted by atomic mass is 9.97. The number of alkyl halides is 3. The van der Waals surface area contributed by atoms with E-state index in [1.165, 1.54) is 24.4 Å². The first-order valence-corrected chi connectivity index (χ1v) is 15.2. The minimum Gasteiger partial charge on any atom is -0.478 e. The van der Waals surface area contributed by atoms with E-state index in [-0.39, 0.29) is 22.3 Å². The maximum atomic E-state index is 14.5. The van der Waals surface area contributed by atoms with Gasteiger partial charge in [-0.05, 0) is 94.8 Å². The van der Waals surface area contributed by atoms with Gasteiger partial charge in [-0.1, -0.05) is 60.7 Å². The molecular formula is C38H27F4N3O3. The van der Waals surface area contributed by atoms with Gasteiger partial charge >= 0.3 is 12.1 Å². The second kappa shape index (κ2) is 11.8. The number of carboxylic acids is 1. The number of rotatable bonds is 8. The van der Waals surface area contributed by atoms with Crippen molar-refractivity contribution in [2.24, 2.45) is 0 Å². The van der Waals surface area contributed by atoms with Crippen molar-refractivity contribution in [1.82, 2.24) is 15.1 Å². The van der Waals surface area contributed by atoms with Gasteiger partial charge < -0.3 is 10.4 Å². The van der Waals surface area contributed by atoms with Crippen LogP contribution in [0.3, 0.4) is 0 Å². The van der Waals surface area contributed by atoms with Crippen molar-refractivity contribution in [1.29, 1.82) is 0 Å².